The van der Waals surface area contributed by atoms with E-state index in [0.717, 1.165) is 18.3 Å². The van der Waals surface area contributed by atoms with E-state index in [1.807, 2.05) is 19.2 Å². The van der Waals surface area contributed by atoms with Crippen LogP contribution < -0.4 is 10.1 Å². The average molecular weight is 192 g/mol. The molecule has 2 rings (SSSR count). The molecule has 0 spiro atoms. The van der Waals surface area contributed by atoms with Gasteiger partial charge in [0.05, 0.1) is 7.11 Å². The van der Waals surface area contributed by atoms with Gasteiger partial charge in [-0.2, -0.15) is 0 Å². The van der Waals surface area contributed by atoms with E-state index in [9.17, 15) is 0 Å². The Hall–Kier alpha value is -1.09. The number of ether oxygens (including phenoxy) is 1. The highest BCUT2D eigenvalue weighted by atomic mass is 16.5. The van der Waals surface area contributed by atoms with Crippen LogP contribution >= 0.6 is 0 Å². The highest BCUT2D eigenvalue weighted by Gasteiger charge is 2.38. The van der Waals surface area contributed by atoms with Crippen molar-refractivity contribution in [2.24, 2.45) is 5.92 Å². The minimum atomic E-state index is 0.637. The molecule has 3 nitrogen and oxygen atoms in total. The van der Waals surface area contributed by atoms with Gasteiger partial charge in [0.2, 0.25) is 5.88 Å². The summed E-state index contributed by atoms with van der Waals surface area (Å²) in [5.74, 6) is 2.12. The van der Waals surface area contributed by atoms with Gasteiger partial charge in [-0.3, -0.25) is 0 Å². The van der Waals surface area contributed by atoms with Crippen LogP contribution in [0.1, 0.15) is 18.0 Å². The van der Waals surface area contributed by atoms with Gasteiger partial charge in [0.25, 0.3) is 0 Å². The van der Waals surface area contributed by atoms with E-state index < -0.39 is 0 Å². The molecular formula is C11H16N2O. The highest BCUT2D eigenvalue weighted by molar-refractivity contribution is 5.23. The predicted molar refractivity (Wildman–Crippen MR) is 55.6 cm³/mol. The summed E-state index contributed by atoms with van der Waals surface area (Å²) >= 11 is 0. The van der Waals surface area contributed by atoms with Gasteiger partial charge in [0.15, 0.2) is 0 Å². The van der Waals surface area contributed by atoms with Gasteiger partial charge < -0.3 is 10.1 Å². The van der Waals surface area contributed by atoms with Crippen LogP contribution in [-0.2, 0) is 0 Å². The van der Waals surface area contributed by atoms with E-state index in [1.54, 1.807) is 7.11 Å². The van der Waals surface area contributed by atoms with Crippen molar-refractivity contribution in [3.05, 3.63) is 23.9 Å². The summed E-state index contributed by atoms with van der Waals surface area (Å²) in [6.07, 6.45) is 1.25. The first-order chi connectivity index (χ1) is 6.85. The number of nitrogens with zero attached hydrogens (tertiary/aromatic N) is 1. The zero-order valence-corrected chi connectivity index (χ0v) is 8.66. The molecule has 1 aliphatic rings. The van der Waals surface area contributed by atoms with Gasteiger partial charge >= 0.3 is 0 Å². The summed E-state index contributed by atoms with van der Waals surface area (Å²) in [7, 11) is 3.65. The summed E-state index contributed by atoms with van der Waals surface area (Å²) in [5, 5.41) is 3.20. The van der Waals surface area contributed by atoms with Crippen molar-refractivity contribution in [2.75, 3.05) is 20.7 Å². The molecule has 1 aromatic rings. The summed E-state index contributed by atoms with van der Waals surface area (Å²) in [6, 6.07) is 5.98. The standard InChI is InChI=1S/C11H16N2O/c1-12-7-8-6-9(8)10-4-3-5-11(13-10)14-2/h3-5,8-9,12H,6-7H2,1-2H3. The smallest absolute Gasteiger partial charge is 0.213 e. The molecule has 76 valence electrons. The molecule has 3 heteroatoms. The van der Waals surface area contributed by atoms with Crippen molar-refractivity contribution in [3.8, 4) is 5.88 Å². The first kappa shape index (κ1) is 9.46. The SMILES string of the molecule is CNCC1CC1c1cccc(OC)n1. The maximum Gasteiger partial charge on any atom is 0.213 e. The second-order valence-electron chi connectivity index (χ2n) is 3.76. The first-order valence-electron chi connectivity index (χ1n) is 5.00. The van der Waals surface area contributed by atoms with E-state index in [1.165, 1.54) is 12.1 Å². The number of aromatic nitrogens is 1. The minimum absolute atomic E-state index is 0.637. The van der Waals surface area contributed by atoms with Crippen LogP contribution in [0.25, 0.3) is 0 Å². The third kappa shape index (κ3) is 1.87. The second kappa shape index (κ2) is 3.96. The Morgan fingerprint density at radius 2 is 2.43 bits per heavy atom. The maximum atomic E-state index is 5.10. The Morgan fingerprint density at radius 3 is 3.14 bits per heavy atom. The van der Waals surface area contributed by atoms with Gasteiger partial charge in [-0.1, -0.05) is 6.07 Å². The lowest BCUT2D eigenvalue weighted by Crippen LogP contribution is -2.10. The van der Waals surface area contributed by atoms with Crippen LogP contribution in [0.4, 0.5) is 0 Å². The molecule has 0 aliphatic heterocycles. The fraction of sp³-hybridized carbons (Fsp3) is 0.545. The van der Waals surface area contributed by atoms with Gasteiger partial charge in [-0.25, -0.2) is 4.98 Å². The zero-order chi connectivity index (χ0) is 9.97. The van der Waals surface area contributed by atoms with Crippen LogP contribution in [0.2, 0.25) is 0 Å². The molecular weight excluding hydrogens is 176 g/mol. The highest BCUT2D eigenvalue weighted by Crippen LogP contribution is 2.46. The van der Waals surface area contributed by atoms with Crippen molar-refractivity contribution < 1.29 is 4.74 Å². The second-order valence-corrected chi connectivity index (χ2v) is 3.76. The largest absolute Gasteiger partial charge is 0.481 e. The van der Waals surface area contributed by atoms with E-state index in [0.29, 0.717) is 5.92 Å². The number of hydrogen-bond acceptors (Lipinski definition) is 3. The zero-order valence-electron chi connectivity index (χ0n) is 8.66. The molecule has 2 unspecified atom stereocenters. The fourth-order valence-corrected chi connectivity index (χ4v) is 1.85. The van der Waals surface area contributed by atoms with Crippen LogP contribution in [0, 0.1) is 5.92 Å². The van der Waals surface area contributed by atoms with Crippen LogP contribution in [0.5, 0.6) is 5.88 Å². The third-order valence-electron chi connectivity index (χ3n) is 2.72. The van der Waals surface area contributed by atoms with Gasteiger partial charge in [0.1, 0.15) is 0 Å². The number of pyridine rings is 1. The van der Waals surface area contributed by atoms with Crippen LogP contribution in [0.15, 0.2) is 18.2 Å². The summed E-state index contributed by atoms with van der Waals surface area (Å²) in [4.78, 5) is 4.44. The third-order valence-corrected chi connectivity index (χ3v) is 2.72. The van der Waals surface area contributed by atoms with Gasteiger partial charge in [0, 0.05) is 17.7 Å². The quantitative estimate of drug-likeness (QED) is 0.783. The molecule has 1 aromatic heterocycles. The molecule has 0 amide bonds. The van der Waals surface area contributed by atoms with Crippen LogP contribution in [0.3, 0.4) is 0 Å². The summed E-state index contributed by atoms with van der Waals surface area (Å²) in [6.45, 7) is 1.09. The minimum Gasteiger partial charge on any atom is -0.481 e. The summed E-state index contributed by atoms with van der Waals surface area (Å²) in [5.41, 5.74) is 1.17. The molecule has 0 bridgehead atoms. The number of nitrogens with one attached hydrogen (secondary N) is 1. The monoisotopic (exact) mass is 192 g/mol. The van der Waals surface area contributed by atoms with Gasteiger partial charge in [-0.15, -0.1) is 0 Å². The number of methoxy groups -OCH3 is 1. The molecule has 0 saturated heterocycles. The molecule has 1 aliphatic carbocycles. The van der Waals surface area contributed by atoms with Gasteiger partial charge in [-0.05, 0) is 32.0 Å². The molecule has 1 heterocycles. The Kier molecular flexibility index (Phi) is 2.68. The molecule has 2 atom stereocenters. The van der Waals surface area contributed by atoms with E-state index in [2.05, 4.69) is 16.4 Å². The Morgan fingerprint density at radius 1 is 1.57 bits per heavy atom. The van der Waals surface area contributed by atoms with E-state index in [4.69, 9.17) is 4.74 Å². The van der Waals surface area contributed by atoms with Crippen molar-refractivity contribution >= 4 is 0 Å². The Balaban J connectivity index is 2.03. The molecule has 1 N–H and O–H groups in total. The van der Waals surface area contributed by atoms with E-state index in [-0.39, 0.29) is 0 Å². The molecule has 14 heavy (non-hydrogen) atoms. The normalized spacial score (nSPS) is 24.7. The molecule has 0 aromatic carbocycles. The number of rotatable bonds is 4. The lowest BCUT2D eigenvalue weighted by Gasteiger charge is -2.02. The topological polar surface area (TPSA) is 34.1 Å². The summed E-state index contributed by atoms with van der Waals surface area (Å²) < 4.78 is 5.10. The Labute approximate surface area is 84.5 Å². The molecule has 1 saturated carbocycles. The average Bonchev–Trinajstić information content (AvgIpc) is 2.98. The first-order valence-corrected chi connectivity index (χ1v) is 5.00. The van der Waals surface area contributed by atoms with Crippen molar-refractivity contribution in [2.45, 2.75) is 12.3 Å². The molecule has 0 radical (unpaired) electrons. The lowest BCUT2D eigenvalue weighted by molar-refractivity contribution is 0.396. The fourth-order valence-electron chi connectivity index (χ4n) is 1.85. The number of hydrogen-bond donors (Lipinski definition) is 1. The van der Waals surface area contributed by atoms with Crippen molar-refractivity contribution in [3.63, 3.8) is 0 Å². The predicted octanol–water partition coefficient (Wildman–Crippen LogP) is 1.41. The Bertz CT molecular complexity index is 314. The van der Waals surface area contributed by atoms with Crippen LogP contribution in [-0.4, -0.2) is 25.7 Å². The van der Waals surface area contributed by atoms with E-state index >= 15 is 0 Å². The maximum absolute atomic E-state index is 5.10. The van der Waals surface area contributed by atoms with Crippen molar-refractivity contribution in [1.29, 1.82) is 0 Å². The molecule has 1 fully saturated rings. The lowest BCUT2D eigenvalue weighted by atomic mass is 10.2. The van der Waals surface area contributed by atoms with Crippen molar-refractivity contribution in [1.82, 2.24) is 10.3 Å².